The first-order valence-corrected chi connectivity index (χ1v) is 12.0. The Morgan fingerprint density at radius 1 is 1.20 bits per heavy atom. The van der Waals surface area contributed by atoms with E-state index in [1.165, 1.54) is 6.42 Å². The van der Waals surface area contributed by atoms with Crippen molar-refractivity contribution in [2.75, 3.05) is 19.0 Å². The molecule has 30 heavy (non-hydrogen) atoms. The van der Waals surface area contributed by atoms with Crippen LogP contribution in [0.3, 0.4) is 0 Å². The third-order valence-electron chi connectivity index (χ3n) is 7.16. The highest BCUT2D eigenvalue weighted by Crippen LogP contribution is 2.61. The van der Waals surface area contributed by atoms with Crippen molar-refractivity contribution in [3.05, 3.63) is 0 Å². The summed E-state index contributed by atoms with van der Waals surface area (Å²) in [5.74, 6) is 3.85. The van der Waals surface area contributed by atoms with E-state index in [9.17, 15) is 4.79 Å². The van der Waals surface area contributed by atoms with Gasteiger partial charge in [0.1, 0.15) is 5.44 Å². The molecule has 7 nitrogen and oxygen atoms in total. The third-order valence-corrected chi connectivity index (χ3v) is 8.55. The zero-order valence-corrected chi connectivity index (χ0v) is 18.8. The summed E-state index contributed by atoms with van der Waals surface area (Å²) in [5, 5.41) is 0. The number of hydrogen-bond donors (Lipinski definition) is 0. The van der Waals surface area contributed by atoms with Crippen LogP contribution in [0, 0.1) is 36.0 Å². The average molecular weight is 441 g/mol. The van der Waals surface area contributed by atoms with Crippen molar-refractivity contribution in [3.63, 3.8) is 0 Å². The minimum Gasteiger partial charge on any atom is -0.434 e. The van der Waals surface area contributed by atoms with Crippen molar-refractivity contribution in [2.24, 2.45) is 23.7 Å². The number of fused-ring (bicyclic) bond motifs is 2. The van der Waals surface area contributed by atoms with Crippen LogP contribution in [0.2, 0.25) is 0 Å². The Morgan fingerprint density at radius 2 is 2.03 bits per heavy atom. The summed E-state index contributed by atoms with van der Waals surface area (Å²) in [4.78, 5) is 23.4. The maximum absolute atomic E-state index is 11.3. The Balaban J connectivity index is 1.37. The van der Waals surface area contributed by atoms with E-state index >= 15 is 0 Å². The highest BCUT2D eigenvalue weighted by molar-refractivity contribution is 7.99. The topological polar surface area (TPSA) is 72.5 Å². The number of ether oxygens (including phenoxy) is 4. The molecule has 8 heteroatoms. The van der Waals surface area contributed by atoms with E-state index in [1.807, 2.05) is 6.92 Å². The van der Waals surface area contributed by atoms with Crippen molar-refractivity contribution in [1.29, 1.82) is 0 Å². The van der Waals surface area contributed by atoms with Crippen LogP contribution in [0.4, 0.5) is 4.79 Å². The molecule has 4 saturated heterocycles. The van der Waals surface area contributed by atoms with Crippen molar-refractivity contribution in [1.82, 2.24) is 0 Å². The predicted octanol–water partition coefficient (Wildman–Crippen LogP) is 4.10. The number of hydrogen-bond acceptors (Lipinski definition) is 8. The fourth-order valence-electron chi connectivity index (χ4n) is 5.62. The van der Waals surface area contributed by atoms with Gasteiger partial charge in [-0.25, -0.2) is 14.6 Å². The molecule has 1 aliphatic carbocycles. The number of terminal acetylenes is 1. The fraction of sp³-hybridized carbons (Fsp3) is 0.864. The summed E-state index contributed by atoms with van der Waals surface area (Å²) in [6.07, 6.45) is 8.75. The minimum atomic E-state index is -0.750. The van der Waals surface area contributed by atoms with Crippen molar-refractivity contribution in [3.8, 4) is 12.3 Å². The molecule has 0 aromatic heterocycles. The molecule has 0 N–H and O–H groups in total. The molecule has 0 aromatic carbocycles. The quantitative estimate of drug-likeness (QED) is 0.265. The lowest BCUT2D eigenvalue weighted by Gasteiger charge is -2.60. The van der Waals surface area contributed by atoms with Crippen LogP contribution < -0.4 is 0 Å². The number of carbonyl (C=O) groups excluding carboxylic acids is 1. The molecule has 5 rings (SSSR count). The van der Waals surface area contributed by atoms with E-state index in [1.54, 1.807) is 11.8 Å². The summed E-state index contributed by atoms with van der Waals surface area (Å²) in [6, 6.07) is 0. The highest BCUT2D eigenvalue weighted by atomic mass is 32.2. The monoisotopic (exact) mass is 440 g/mol. The molecule has 0 aromatic rings. The van der Waals surface area contributed by atoms with Gasteiger partial charge in [0.15, 0.2) is 18.5 Å². The maximum Gasteiger partial charge on any atom is 0.509 e. The lowest BCUT2D eigenvalue weighted by molar-refractivity contribution is -0.568. The van der Waals surface area contributed by atoms with Gasteiger partial charge in [-0.2, -0.15) is 0 Å². The van der Waals surface area contributed by atoms with Crippen LogP contribution in [-0.2, 0) is 28.7 Å². The predicted molar refractivity (Wildman–Crippen MR) is 110 cm³/mol. The van der Waals surface area contributed by atoms with Gasteiger partial charge < -0.3 is 18.9 Å². The second kappa shape index (κ2) is 8.87. The van der Waals surface area contributed by atoms with Gasteiger partial charge in [0.2, 0.25) is 5.79 Å². The molecule has 1 saturated carbocycles. The zero-order chi connectivity index (χ0) is 21.4. The molecule has 0 amide bonds. The van der Waals surface area contributed by atoms with E-state index < -0.39 is 23.8 Å². The Labute approximate surface area is 182 Å². The van der Waals surface area contributed by atoms with Gasteiger partial charge in [0, 0.05) is 12.3 Å². The molecule has 168 valence electrons. The number of thioether (sulfide) groups is 1. The third kappa shape index (κ3) is 3.95. The van der Waals surface area contributed by atoms with E-state index in [0.29, 0.717) is 36.7 Å². The van der Waals surface area contributed by atoms with E-state index in [4.69, 9.17) is 35.1 Å². The van der Waals surface area contributed by atoms with Crippen molar-refractivity contribution in [2.45, 2.75) is 76.0 Å². The minimum absolute atomic E-state index is 0.000349. The average Bonchev–Trinajstić information content (AvgIpc) is 2.95. The van der Waals surface area contributed by atoms with Gasteiger partial charge in [-0.05, 0) is 56.1 Å². The van der Waals surface area contributed by atoms with Crippen LogP contribution in [-0.4, -0.2) is 48.2 Å². The molecule has 8 atom stereocenters. The van der Waals surface area contributed by atoms with Gasteiger partial charge in [-0.15, -0.1) is 18.2 Å². The molecule has 4 heterocycles. The summed E-state index contributed by atoms with van der Waals surface area (Å²) in [6.45, 7) is 6.72. The van der Waals surface area contributed by atoms with E-state index in [0.717, 1.165) is 25.0 Å². The highest BCUT2D eigenvalue weighted by Gasteiger charge is 2.69. The van der Waals surface area contributed by atoms with Gasteiger partial charge in [0.25, 0.3) is 0 Å². The normalized spacial score (nSPS) is 44.5. The molecule has 0 radical (unpaired) electrons. The molecule has 5 fully saturated rings. The molecule has 2 bridgehead atoms. The van der Waals surface area contributed by atoms with Crippen LogP contribution in [0.15, 0.2) is 0 Å². The van der Waals surface area contributed by atoms with Gasteiger partial charge in [-0.1, -0.05) is 19.8 Å². The summed E-state index contributed by atoms with van der Waals surface area (Å²) in [7, 11) is 0. The molecular formula is C22H32O7S. The SMILES string of the molecule is C#CCOC(=O)OCCCS[C@@H]1O[C@@H]2O[C@@]3(C)CC[C@H]4[C@H](C)CC[C@@H]([C@H]1C)[C@@]24OO3. The number of carbonyl (C=O) groups is 1. The van der Waals surface area contributed by atoms with Gasteiger partial charge >= 0.3 is 6.16 Å². The van der Waals surface area contributed by atoms with Crippen molar-refractivity contribution >= 4 is 17.9 Å². The Bertz CT molecular complexity index is 681. The molecule has 1 spiro atoms. The van der Waals surface area contributed by atoms with E-state index in [-0.39, 0.29) is 12.0 Å². The van der Waals surface area contributed by atoms with Gasteiger partial charge in [0.05, 0.1) is 6.61 Å². The Kier molecular flexibility index (Phi) is 6.57. The first-order valence-electron chi connectivity index (χ1n) is 10.9. The smallest absolute Gasteiger partial charge is 0.434 e. The Morgan fingerprint density at radius 3 is 2.83 bits per heavy atom. The first-order chi connectivity index (χ1) is 14.4. The van der Waals surface area contributed by atoms with Crippen LogP contribution >= 0.6 is 11.8 Å². The fourth-order valence-corrected chi connectivity index (χ4v) is 6.81. The Hall–Kier alpha value is -0.980. The second-order valence-electron chi connectivity index (χ2n) is 9.09. The van der Waals surface area contributed by atoms with Crippen LogP contribution in [0.1, 0.15) is 52.9 Å². The van der Waals surface area contributed by atoms with Crippen LogP contribution in [0.5, 0.6) is 0 Å². The lowest BCUT2D eigenvalue weighted by atomic mass is 9.58. The maximum atomic E-state index is 11.3. The largest absolute Gasteiger partial charge is 0.509 e. The van der Waals surface area contributed by atoms with Crippen molar-refractivity contribution < 1.29 is 33.5 Å². The molecule has 4 aliphatic heterocycles. The first kappa shape index (κ1) is 22.2. The standard InChI is InChI=1S/C22H32O7S/c1-5-11-24-20(23)25-12-6-13-30-18-15(3)17-8-7-14(2)16-9-10-21(4)27-19(26-18)22(16,17)29-28-21/h1,14-19H,6-13H2,2-4H3/t14-,15-,16+,17+,18+,19-,21-,22-/m1/s1. The molecular weight excluding hydrogens is 408 g/mol. The van der Waals surface area contributed by atoms with E-state index in [2.05, 4.69) is 19.8 Å². The van der Waals surface area contributed by atoms with Crippen LogP contribution in [0.25, 0.3) is 0 Å². The van der Waals surface area contributed by atoms with Gasteiger partial charge in [-0.3, -0.25) is 0 Å². The molecule has 5 aliphatic rings. The summed E-state index contributed by atoms with van der Waals surface area (Å²) >= 11 is 1.74. The second-order valence-corrected chi connectivity index (χ2v) is 10.3. The lowest BCUT2D eigenvalue weighted by Crippen LogP contribution is -2.70. The number of rotatable bonds is 6. The summed E-state index contributed by atoms with van der Waals surface area (Å²) in [5.41, 5.74) is -0.520. The zero-order valence-electron chi connectivity index (χ0n) is 18.0. The summed E-state index contributed by atoms with van der Waals surface area (Å²) < 4.78 is 22.6. The molecule has 0 unspecified atom stereocenters.